The minimum Gasteiger partial charge on any atom is -0.303 e. The molecule has 2 heterocycles. The average molecular weight is 203 g/mol. The lowest BCUT2D eigenvalue weighted by molar-refractivity contribution is 0.635. The molecule has 0 amide bonds. The van der Waals surface area contributed by atoms with Crippen LogP contribution in [-0.4, -0.2) is 14.6 Å². The number of nitrogens with zero attached hydrogens (tertiary/aromatic N) is 2. The van der Waals surface area contributed by atoms with E-state index in [1.165, 1.54) is 16.8 Å². The molecule has 0 unspecified atom stereocenters. The summed E-state index contributed by atoms with van der Waals surface area (Å²) >= 11 is 0. The molecule has 4 nitrogen and oxygen atoms in total. The van der Waals surface area contributed by atoms with Gasteiger partial charge in [-0.3, -0.25) is 0 Å². The molecule has 1 N–H and O–H groups in total. The number of aromatic amines is 1. The van der Waals surface area contributed by atoms with Crippen LogP contribution >= 0.6 is 0 Å². The maximum absolute atomic E-state index is 13.4. The monoisotopic (exact) mass is 203 g/mol. The van der Waals surface area contributed by atoms with E-state index >= 15 is 0 Å². The molecule has 74 valence electrons. The van der Waals surface area contributed by atoms with Gasteiger partial charge in [0, 0.05) is 5.39 Å². The molecule has 2 aromatic heterocycles. The van der Waals surface area contributed by atoms with Crippen LogP contribution in [0.15, 0.2) is 35.3 Å². The molecule has 0 radical (unpaired) electrons. The third-order valence-corrected chi connectivity index (χ3v) is 2.36. The highest BCUT2D eigenvalue weighted by atomic mass is 19.1. The second-order valence-electron chi connectivity index (χ2n) is 3.22. The Kier molecular flexibility index (Phi) is 1.45. The van der Waals surface area contributed by atoms with Gasteiger partial charge in [0.05, 0.1) is 17.2 Å². The van der Waals surface area contributed by atoms with Crippen LogP contribution in [0.3, 0.4) is 0 Å². The van der Waals surface area contributed by atoms with Gasteiger partial charge >= 0.3 is 5.69 Å². The van der Waals surface area contributed by atoms with Gasteiger partial charge in [0.25, 0.3) is 0 Å². The number of para-hydroxylation sites is 1. The van der Waals surface area contributed by atoms with Crippen LogP contribution in [0.5, 0.6) is 0 Å². The van der Waals surface area contributed by atoms with E-state index in [0.29, 0.717) is 10.9 Å². The third kappa shape index (κ3) is 0.999. The van der Waals surface area contributed by atoms with Crippen molar-refractivity contribution in [2.75, 3.05) is 0 Å². The number of H-pyrrole nitrogens is 1. The summed E-state index contributed by atoms with van der Waals surface area (Å²) in [6.07, 6.45) is 1.51. The number of rotatable bonds is 0. The second-order valence-corrected chi connectivity index (χ2v) is 3.22. The number of fused-ring (bicyclic) bond motifs is 3. The smallest absolute Gasteiger partial charge is 0.303 e. The van der Waals surface area contributed by atoms with Gasteiger partial charge in [-0.25, -0.2) is 9.18 Å². The SMILES string of the molecule is O=c1[nH]c2c(F)cccc2c2ccnn12. The van der Waals surface area contributed by atoms with Crippen molar-refractivity contribution in [2.45, 2.75) is 0 Å². The molecule has 0 aliphatic heterocycles. The summed E-state index contributed by atoms with van der Waals surface area (Å²) in [6, 6.07) is 6.33. The molecular formula is C10H6FN3O. The van der Waals surface area contributed by atoms with Crippen molar-refractivity contribution in [1.82, 2.24) is 14.6 Å². The van der Waals surface area contributed by atoms with Crippen molar-refractivity contribution >= 4 is 16.4 Å². The van der Waals surface area contributed by atoms with E-state index in [4.69, 9.17) is 0 Å². The average Bonchev–Trinajstić information content (AvgIpc) is 2.69. The summed E-state index contributed by atoms with van der Waals surface area (Å²) in [4.78, 5) is 13.9. The summed E-state index contributed by atoms with van der Waals surface area (Å²) in [7, 11) is 0. The zero-order valence-electron chi connectivity index (χ0n) is 7.57. The normalized spacial score (nSPS) is 11.3. The molecule has 0 saturated heterocycles. The highest BCUT2D eigenvalue weighted by Crippen LogP contribution is 2.17. The Balaban J connectivity index is 2.72. The van der Waals surface area contributed by atoms with Gasteiger partial charge in [0.2, 0.25) is 0 Å². The Morgan fingerprint density at radius 2 is 2.20 bits per heavy atom. The molecule has 0 saturated carbocycles. The number of hydrogen-bond acceptors (Lipinski definition) is 2. The molecule has 15 heavy (non-hydrogen) atoms. The number of aromatic nitrogens is 3. The minimum atomic E-state index is -0.437. The first-order valence-corrected chi connectivity index (χ1v) is 4.41. The van der Waals surface area contributed by atoms with Crippen molar-refractivity contribution in [1.29, 1.82) is 0 Å². The van der Waals surface area contributed by atoms with Crippen LogP contribution in [0, 0.1) is 5.82 Å². The number of nitrogens with one attached hydrogen (secondary N) is 1. The van der Waals surface area contributed by atoms with Gasteiger partial charge < -0.3 is 4.98 Å². The lowest BCUT2D eigenvalue weighted by Crippen LogP contribution is -2.17. The molecule has 0 bridgehead atoms. The van der Waals surface area contributed by atoms with Gasteiger partial charge in [0.15, 0.2) is 0 Å². The van der Waals surface area contributed by atoms with Crippen LogP contribution in [0.25, 0.3) is 16.4 Å². The molecule has 0 spiro atoms. The molecule has 0 aliphatic carbocycles. The van der Waals surface area contributed by atoms with Gasteiger partial charge in [-0.2, -0.15) is 9.61 Å². The fourth-order valence-electron chi connectivity index (χ4n) is 1.69. The van der Waals surface area contributed by atoms with Gasteiger partial charge in [-0.1, -0.05) is 12.1 Å². The number of halogens is 1. The van der Waals surface area contributed by atoms with E-state index < -0.39 is 11.5 Å². The van der Waals surface area contributed by atoms with Crippen molar-refractivity contribution in [3.8, 4) is 0 Å². The molecule has 1 aromatic carbocycles. The molecule has 0 atom stereocenters. The Hall–Kier alpha value is -2.17. The maximum Gasteiger partial charge on any atom is 0.347 e. The van der Waals surface area contributed by atoms with E-state index in [1.54, 1.807) is 18.2 Å². The molecule has 3 aromatic rings. The van der Waals surface area contributed by atoms with Crippen LogP contribution in [0.4, 0.5) is 4.39 Å². The predicted octanol–water partition coefficient (Wildman–Crippen LogP) is 1.31. The summed E-state index contributed by atoms with van der Waals surface area (Å²) in [5, 5.41) is 4.49. The van der Waals surface area contributed by atoms with E-state index in [-0.39, 0.29) is 5.52 Å². The quantitative estimate of drug-likeness (QED) is 0.599. The Morgan fingerprint density at radius 3 is 3.07 bits per heavy atom. The zero-order chi connectivity index (χ0) is 10.4. The Morgan fingerprint density at radius 1 is 1.33 bits per heavy atom. The van der Waals surface area contributed by atoms with E-state index in [2.05, 4.69) is 10.1 Å². The number of hydrogen-bond donors (Lipinski definition) is 1. The highest BCUT2D eigenvalue weighted by molar-refractivity contribution is 5.93. The fraction of sp³-hybridized carbons (Fsp3) is 0. The molecule has 0 fully saturated rings. The first-order valence-electron chi connectivity index (χ1n) is 4.41. The lowest BCUT2D eigenvalue weighted by Gasteiger charge is -2.00. The Labute approximate surface area is 83.0 Å². The van der Waals surface area contributed by atoms with E-state index in [0.717, 1.165) is 0 Å². The molecule has 0 aliphatic rings. The summed E-state index contributed by atoms with van der Waals surface area (Å²) < 4.78 is 14.6. The molecule has 3 rings (SSSR count). The van der Waals surface area contributed by atoms with Crippen LogP contribution in [0.2, 0.25) is 0 Å². The Bertz CT molecular complexity index is 713. The van der Waals surface area contributed by atoms with Gasteiger partial charge in [-0.05, 0) is 12.1 Å². The van der Waals surface area contributed by atoms with Gasteiger partial charge in [0.1, 0.15) is 5.82 Å². The predicted molar refractivity (Wildman–Crippen MR) is 53.3 cm³/mol. The maximum atomic E-state index is 13.4. The minimum absolute atomic E-state index is 0.218. The topological polar surface area (TPSA) is 50.2 Å². The summed E-state index contributed by atoms with van der Waals surface area (Å²) in [5.41, 5.74) is 0.386. The third-order valence-electron chi connectivity index (χ3n) is 2.36. The van der Waals surface area contributed by atoms with E-state index in [1.807, 2.05) is 0 Å². The zero-order valence-corrected chi connectivity index (χ0v) is 7.57. The summed E-state index contributed by atoms with van der Waals surface area (Å²) in [5.74, 6) is -0.437. The van der Waals surface area contributed by atoms with Gasteiger partial charge in [-0.15, -0.1) is 0 Å². The highest BCUT2D eigenvalue weighted by Gasteiger charge is 2.07. The standard InChI is InChI=1S/C10H6FN3O/c11-7-3-1-2-6-8-4-5-12-14(8)10(15)13-9(6)7/h1-5H,(H,13,15). The first kappa shape index (κ1) is 8.16. The van der Waals surface area contributed by atoms with Crippen LogP contribution in [-0.2, 0) is 0 Å². The lowest BCUT2D eigenvalue weighted by atomic mass is 10.2. The summed E-state index contributed by atoms with van der Waals surface area (Å²) in [6.45, 7) is 0. The van der Waals surface area contributed by atoms with Crippen molar-refractivity contribution in [2.24, 2.45) is 0 Å². The van der Waals surface area contributed by atoms with Crippen LogP contribution < -0.4 is 5.69 Å². The first-order chi connectivity index (χ1) is 7.27. The van der Waals surface area contributed by atoms with Crippen LogP contribution in [0.1, 0.15) is 0 Å². The van der Waals surface area contributed by atoms with Crippen molar-refractivity contribution in [3.63, 3.8) is 0 Å². The molecule has 5 heteroatoms. The van der Waals surface area contributed by atoms with E-state index in [9.17, 15) is 9.18 Å². The van der Waals surface area contributed by atoms with Crippen molar-refractivity contribution in [3.05, 3.63) is 46.8 Å². The van der Waals surface area contributed by atoms with Crippen molar-refractivity contribution < 1.29 is 4.39 Å². The fourth-order valence-corrected chi connectivity index (χ4v) is 1.69. The number of benzene rings is 1. The largest absolute Gasteiger partial charge is 0.347 e. The molecular weight excluding hydrogens is 197 g/mol. The second kappa shape index (κ2) is 2.66.